The van der Waals surface area contributed by atoms with Gasteiger partial charge in [0.2, 0.25) is 0 Å². The van der Waals surface area contributed by atoms with Crippen molar-refractivity contribution < 1.29 is 4.79 Å². The van der Waals surface area contributed by atoms with Crippen LogP contribution in [0.4, 0.5) is 0 Å². The number of alkyl halides is 1. The molecule has 0 N–H and O–H groups in total. The Kier molecular flexibility index (Phi) is 5.77. The molecule has 1 heterocycles. The summed E-state index contributed by atoms with van der Waals surface area (Å²) < 4.78 is 0. The van der Waals surface area contributed by atoms with E-state index in [9.17, 15) is 4.79 Å². The third-order valence-electron chi connectivity index (χ3n) is 2.08. The molecule has 0 spiro atoms. The van der Waals surface area contributed by atoms with Crippen LogP contribution in [0.5, 0.6) is 0 Å². The number of hydrogen-bond acceptors (Lipinski definition) is 2. The van der Waals surface area contributed by atoms with Crippen LogP contribution in [0.25, 0.3) is 0 Å². The van der Waals surface area contributed by atoms with Crippen molar-refractivity contribution >= 4 is 33.4 Å². The fraction of sp³-hybridized carbons (Fsp3) is 0.455. The second-order valence-electron chi connectivity index (χ2n) is 3.34. The minimum Gasteiger partial charge on any atom is -0.336 e. The summed E-state index contributed by atoms with van der Waals surface area (Å²) in [5.41, 5.74) is 0.443. The topological polar surface area (TPSA) is 33.2 Å². The third kappa shape index (κ3) is 3.76. The highest BCUT2D eigenvalue weighted by Crippen LogP contribution is 2.09. The summed E-state index contributed by atoms with van der Waals surface area (Å²) in [6, 6.07) is 3.33. The van der Waals surface area contributed by atoms with Crippen LogP contribution < -0.4 is 0 Å². The molecule has 5 heteroatoms. The van der Waals surface area contributed by atoms with E-state index in [0.717, 1.165) is 18.3 Å². The summed E-state index contributed by atoms with van der Waals surface area (Å²) in [4.78, 5) is 17.8. The molecule has 0 radical (unpaired) electrons. The smallest absolute Gasteiger partial charge is 0.272 e. The molecule has 1 aromatic heterocycles. The molecule has 1 amide bonds. The molecule has 1 aromatic rings. The molecule has 88 valence electrons. The van der Waals surface area contributed by atoms with Gasteiger partial charge in [-0.2, -0.15) is 0 Å². The maximum absolute atomic E-state index is 12.0. The molecule has 0 aromatic carbocycles. The number of nitrogens with zero attached hydrogens (tertiary/aromatic N) is 2. The van der Waals surface area contributed by atoms with Crippen molar-refractivity contribution in [2.24, 2.45) is 0 Å². The van der Waals surface area contributed by atoms with E-state index in [-0.39, 0.29) is 5.91 Å². The zero-order valence-electron chi connectivity index (χ0n) is 9.12. The van der Waals surface area contributed by atoms with E-state index in [1.807, 2.05) is 6.92 Å². The first-order valence-corrected chi connectivity index (χ1v) is 6.65. The molecule has 0 saturated heterocycles. The zero-order valence-corrected chi connectivity index (χ0v) is 11.5. The predicted molar refractivity (Wildman–Crippen MR) is 69.2 cm³/mol. The Hall–Kier alpha value is -0.610. The lowest BCUT2D eigenvalue weighted by Gasteiger charge is -2.20. The fourth-order valence-electron chi connectivity index (χ4n) is 1.35. The van der Waals surface area contributed by atoms with Crippen molar-refractivity contribution in [1.29, 1.82) is 0 Å². The van der Waals surface area contributed by atoms with E-state index in [1.54, 1.807) is 17.0 Å². The second-order valence-corrected chi connectivity index (χ2v) is 4.57. The monoisotopic (exact) mass is 304 g/mol. The molecule has 3 nitrogen and oxygen atoms in total. The SMILES string of the molecule is CCCN(CCBr)C(=O)c1ccc(Cl)cn1. The summed E-state index contributed by atoms with van der Waals surface area (Å²) >= 11 is 9.06. The average molecular weight is 306 g/mol. The van der Waals surface area contributed by atoms with Crippen LogP contribution >= 0.6 is 27.5 Å². The molecule has 0 aliphatic heterocycles. The number of hydrogen-bond donors (Lipinski definition) is 0. The van der Waals surface area contributed by atoms with Gasteiger partial charge in [0.15, 0.2) is 0 Å². The van der Waals surface area contributed by atoms with Crippen LogP contribution in [0.15, 0.2) is 18.3 Å². The van der Waals surface area contributed by atoms with E-state index in [2.05, 4.69) is 20.9 Å². The van der Waals surface area contributed by atoms with Crippen LogP contribution in [-0.4, -0.2) is 34.2 Å². The minimum absolute atomic E-state index is 0.0435. The first kappa shape index (κ1) is 13.5. The van der Waals surface area contributed by atoms with Gasteiger partial charge in [-0.15, -0.1) is 0 Å². The number of pyridine rings is 1. The number of amides is 1. The van der Waals surface area contributed by atoms with Crippen LogP contribution in [-0.2, 0) is 0 Å². The number of halogens is 2. The lowest BCUT2D eigenvalue weighted by molar-refractivity contribution is 0.0760. The van der Waals surface area contributed by atoms with E-state index in [4.69, 9.17) is 11.6 Å². The van der Waals surface area contributed by atoms with E-state index in [0.29, 0.717) is 17.3 Å². The molecular weight excluding hydrogens is 291 g/mol. The number of carbonyl (C=O) groups excluding carboxylic acids is 1. The first-order valence-electron chi connectivity index (χ1n) is 5.15. The number of rotatable bonds is 5. The average Bonchev–Trinajstić information content (AvgIpc) is 2.29. The van der Waals surface area contributed by atoms with E-state index in [1.165, 1.54) is 6.20 Å². The van der Waals surface area contributed by atoms with Crippen LogP contribution in [0.2, 0.25) is 5.02 Å². The molecule has 1 rings (SSSR count). The summed E-state index contributed by atoms with van der Waals surface area (Å²) in [7, 11) is 0. The van der Waals surface area contributed by atoms with Crippen LogP contribution in [0.3, 0.4) is 0 Å². The van der Waals surface area contributed by atoms with E-state index < -0.39 is 0 Å². The maximum Gasteiger partial charge on any atom is 0.272 e. The van der Waals surface area contributed by atoms with Crippen LogP contribution in [0, 0.1) is 0 Å². The second kappa shape index (κ2) is 6.86. The summed E-state index contributed by atoms with van der Waals surface area (Å²) in [5, 5.41) is 1.31. The Morgan fingerprint density at radius 3 is 2.75 bits per heavy atom. The standard InChI is InChI=1S/C11H14BrClN2O/c1-2-6-15(7-5-12)11(16)10-4-3-9(13)8-14-10/h3-4,8H,2,5-7H2,1H3. The van der Waals surface area contributed by atoms with Crippen LogP contribution in [0.1, 0.15) is 23.8 Å². The molecule has 16 heavy (non-hydrogen) atoms. The van der Waals surface area contributed by atoms with Crippen molar-refractivity contribution in [1.82, 2.24) is 9.88 Å². The zero-order chi connectivity index (χ0) is 12.0. The predicted octanol–water partition coefficient (Wildman–Crippen LogP) is 2.98. The highest BCUT2D eigenvalue weighted by atomic mass is 79.9. The Bertz CT molecular complexity index is 336. The van der Waals surface area contributed by atoms with Gasteiger partial charge in [-0.1, -0.05) is 34.5 Å². The summed E-state index contributed by atoms with van der Waals surface area (Å²) in [6.07, 6.45) is 2.43. The summed E-state index contributed by atoms with van der Waals surface area (Å²) in [6.45, 7) is 3.48. The lowest BCUT2D eigenvalue weighted by Crippen LogP contribution is -2.33. The molecule has 0 saturated carbocycles. The van der Waals surface area contributed by atoms with Gasteiger partial charge >= 0.3 is 0 Å². The molecule has 0 aliphatic carbocycles. The third-order valence-corrected chi connectivity index (χ3v) is 2.66. The number of aromatic nitrogens is 1. The van der Waals surface area contributed by atoms with Gasteiger partial charge in [0.1, 0.15) is 5.69 Å². The van der Waals surface area contributed by atoms with Crippen molar-refractivity contribution in [3.8, 4) is 0 Å². The normalized spacial score (nSPS) is 10.2. The quantitative estimate of drug-likeness (QED) is 0.784. The van der Waals surface area contributed by atoms with Gasteiger partial charge in [-0.05, 0) is 18.6 Å². The van der Waals surface area contributed by atoms with Gasteiger partial charge in [0, 0.05) is 24.6 Å². The molecular formula is C11H14BrClN2O. The molecule has 0 unspecified atom stereocenters. The molecule has 0 atom stereocenters. The Morgan fingerprint density at radius 2 is 2.25 bits per heavy atom. The number of carbonyl (C=O) groups is 1. The van der Waals surface area contributed by atoms with Gasteiger partial charge < -0.3 is 4.90 Å². The Morgan fingerprint density at radius 1 is 1.50 bits per heavy atom. The van der Waals surface area contributed by atoms with Gasteiger partial charge in [0.25, 0.3) is 5.91 Å². The molecule has 0 bridgehead atoms. The highest BCUT2D eigenvalue weighted by molar-refractivity contribution is 9.09. The Labute approximate surface area is 109 Å². The molecule has 0 aliphatic rings. The van der Waals surface area contributed by atoms with Gasteiger partial charge in [-0.3, -0.25) is 4.79 Å². The molecule has 0 fully saturated rings. The summed E-state index contributed by atoms with van der Waals surface area (Å²) in [5.74, 6) is -0.0435. The fourth-order valence-corrected chi connectivity index (χ4v) is 1.89. The van der Waals surface area contributed by atoms with Crippen molar-refractivity contribution in [2.45, 2.75) is 13.3 Å². The highest BCUT2D eigenvalue weighted by Gasteiger charge is 2.15. The van der Waals surface area contributed by atoms with Crippen molar-refractivity contribution in [2.75, 3.05) is 18.4 Å². The van der Waals surface area contributed by atoms with Crippen molar-refractivity contribution in [3.63, 3.8) is 0 Å². The maximum atomic E-state index is 12.0. The lowest BCUT2D eigenvalue weighted by atomic mass is 10.3. The largest absolute Gasteiger partial charge is 0.336 e. The van der Waals surface area contributed by atoms with Crippen molar-refractivity contribution in [3.05, 3.63) is 29.0 Å². The van der Waals surface area contributed by atoms with Gasteiger partial charge in [-0.25, -0.2) is 4.98 Å². The minimum atomic E-state index is -0.0435. The first-order chi connectivity index (χ1) is 7.69. The van der Waals surface area contributed by atoms with E-state index >= 15 is 0 Å². The van der Waals surface area contributed by atoms with Gasteiger partial charge in [0.05, 0.1) is 5.02 Å². The Balaban J connectivity index is 2.77.